The van der Waals surface area contributed by atoms with E-state index in [-0.39, 0.29) is 24.1 Å². The Balaban J connectivity index is 2.63. The lowest BCUT2D eigenvalue weighted by atomic mass is 10.0. The van der Waals surface area contributed by atoms with E-state index < -0.39 is 5.82 Å². The lowest BCUT2D eigenvalue weighted by Gasteiger charge is -2.24. The van der Waals surface area contributed by atoms with Crippen LogP contribution in [0.25, 0.3) is 0 Å². The van der Waals surface area contributed by atoms with Gasteiger partial charge in [-0.05, 0) is 51.3 Å². The zero-order valence-corrected chi connectivity index (χ0v) is 13.2. The summed E-state index contributed by atoms with van der Waals surface area (Å²) in [6.07, 6.45) is 1.38. The van der Waals surface area contributed by atoms with Crippen LogP contribution in [-0.4, -0.2) is 24.1 Å². The molecule has 0 heterocycles. The maximum absolute atomic E-state index is 13.5. The highest BCUT2D eigenvalue weighted by Gasteiger charge is 2.18. The highest BCUT2D eigenvalue weighted by molar-refractivity contribution is 5.78. The smallest absolute Gasteiger partial charge is 0.258 e. The zero-order valence-electron chi connectivity index (χ0n) is 13.2. The molecule has 5 heteroatoms. The van der Waals surface area contributed by atoms with Crippen molar-refractivity contribution in [3.8, 4) is 5.75 Å². The van der Waals surface area contributed by atoms with Gasteiger partial charge in [-0.3, -0.25) is 4.79 Å². The summed E-state index contributed by atoms with van der Waals surface area (Å²) in [5.41, 5.74) is 6.19. The third-order valence-corrected chi connectivity index (χ3v) is 3.22. The van der Waals surface area contributed by atoms with Gasteiger partial charge in [-0.15, -0.1) is 0 Å². The molecule has 0 aliphatic carbocycles. The Morgan fingerprint density at radius 2 is 2.10 bits per heavy atom. The van der Waals surface area contributed by atoms with Crippen LogP contribution in [0.15, 0.2) is 18.2 Å². The van der Waals surface area contributed by atoms with Crippen molar-refractivity contribution in [2.45, 2.75) is 52.1 Å². The highest BCUT2D eigenvalue weighted by atomic mass is 19.1. The van der Waals surface area contributed by atoms with E-state index in [1.165, 1.54) is 12.1 Å². The van der Waals surface area contributed by atoms with Gasteiger partial charge in [0.05, 0.1) is 0 Å². The van der Waals surface area contributed by atoms with Gasteiger partial charge in [-0.1, -0.05) is 6.92 Å². The van der Waals surface area contributed by atoms with Crippen LogP contribution >= 0.6 is 0 Å². The second-order valence-corrected chi connectivity index (χ2v) is 6.05. The standard InChI is InChI=1S/C16H25FN2O2/c1-5-16(3,4)19-15(20)10-21-14-8-12(6-11(2)18)7-13(17)9-14/h7-9,11H,5-6,10,18H2,1-4H3,(H,19,20). The molecule has 1 atom stereocenters. The topological polar surface area (TPSA) is 64.3 Å². The summed E-state index contributed by atoms with van der Waals surface area (Å²) in [6.45, 7) is 7.59. The number of carbonyl (C=O) groups is 1. The summed E-state index contributed by atoms with van der Waals surface area (Å²) in [4.78, 5) is 11.8. The largest absolute Gasteiger partial charge is 0.484 e. The molecule has 0 spiro atoms. The number of hydrogen-bond donors (Lipinski definition) is 2. The molecule has 0 saturated heterocycles. The van der Waals surface area contributed by atoms with Crippen LogP contribution in [0, 0.1) is 5.82 Å². The van der Waals surface area contributed by atoms with Crippen LogP contribution in [0.4, 0.5) is 4.39 Å². The second-order valence-electron chi connectivity index (χ2n) is 6.05. The van der Waals surface area contributed by atoms with Crippen LogP contribution in [0.2, 0.25) is 0 Å². The normalized spacial score (nSPS) is 12.9. The van der Waals surface area contributed by atoms with Crippen LogP contribution in [0.3, 0.4) is 0 Å². The number of ether oxygens (including phenoxy) is 1. The SMILES string of the molecule is CCC(C)(C)NC(=O)COc1cc(F)cc(CC(C)N)c1. The van der Waals surface area contributed by atoms with E-state index in [9.17, 15) is 9.18 Å². The molecule has 1 rings (SSSR count). The van der Waals surface area contributed by atoms with Crippen LogP contribution in [0.5, 0.6) is 5.75 Å². The number of rotatable bonds is 7. The molecule has 0 aliphatic rings. The fourth-order valence-electron chi connectivity index (χ4n) is 1.84. The van der Waals surface area contributed by atoms with E-state index in [4.69, 9.17) is 10.5 Å². The maximum atomic E-state index is 13.5. The minimum Gasteiger partial charge on any atom is -0.484 e. The molecule has 1 amide bonds. The molecule has 0 radical (unpaired) electrons. The summed E-state index contributed by atoms with van der Waals surface area (Å²) in [5, 5.41) is 2.86. The van der Waals surface area contributed by atoms with Gasteiger partial charge in [0.1, 0.15) is 11.6 Å². The van der Waals surface area contributed by atoms with Crippen molar-refractivity contribution < 1.29 is 13.9 Å². The quantitative estimate of drug-likeness (QED) is 0.812. The molecule has 0 aliphatic heterocycles. The minimum atomic E-state index is -0.391. The summed E-state index contributed by atoms with van der Waals surface area (Å²) in [7, 11) is 0. The number of benzene rings is 1. The summed E-state index contributed by atoms with van der Waals surface area (Å²) >= 11 is 0. The van der Waals surface area contributed by atoms with E-state index in [1.807, 2.05) is 27.7 Å². The number of amides is 1. The lowest BCUT2D eigenvalue weighted by Crippen LogP contribution is -2.44. The van der Waals surface area contributed by atoms with Crippen LogP contribution in [0.1, 0.15) is 39.7 Å². The Labute approximate surface area is 125 Å². The predicted molar refractivity (Wildman–Crippen MR) is 81.8 cm³/mol. The van der Waals surface area contributed by atoms with Crippen molar-refractivity contribution in [2.24, 2.45) is 5.73 Å². The van der Waals surface area contributed by atoms with Crippen molar-refractivity contribution >= 4 is 5.91 Å². The number of halogens is 1. The number of nitrogens with two attached hydrogens (primary N) is 1. The average Bonchev–Trinajstić information content (AvgIpc) is 2.34. The Morgan fingerprint density at radius 1 is 1.43 bits per heavy atom. The molecule has 118 valence electrons. The zero-order chi connectivity index (χ0) is 16.0. The Hall–Kier alpha value is -1.62. The van der Waals surface area contributed by atoms with E-state index >= 15 is 0 Å². The monoisotopic (exact) mass is 296 g/mol. The first-order valence-electron chi connectivity index (χ1n) is 7.20. The van der Waals surface area contributed by atoms with Gasteiger partial charge < -0.3 is 15.8 Å². The molecule has 21 heavy (non-hydrogen) atoms. The summed E-state index contributed by atoms with van der Waals surface area (Å²) in [5.74, 6) is -0.271. The van der Waals surface area contributed by atoms with Gasteiger partial charge in [0.25, 0.3) is 5.91 Å². The van der Waals surface area contributed by atoms with Gasteiger partial charge in [0.2, 0.25) is 0 Å². The molecule has 4 nitrogen and oxygen atoms in total. The van der Waals surface area contributed by atoms with E-state index in [0.717, 1.165) is 12.0 Å². The third kappa shape index (κ3) is 6.58. The van der Waals surface area contributed by atoms with Gasteiger partial charge in [-0.25, -0.2) is 4.39 Å². The average molecular weight is 296 g/mol. The molecular formula is C16H25FN2O2. The van der Waals surface area contributed by atoms with Crippen molar-refractivity contribution in [2.75, 3.05) is 6.61 Å². The Bertz CT molecular complexity index is 487. The summed E-state index contributed by atoms with van der Waals surface area (Å²) in [6, 6.07) is 4.35. The van der Waals surface area contributed by atoms with Crippen molar-refractivity contribution in [3.05, 3.63) is 29.6 Å². The van der Waals surface area contributed by atoms with Crippen LogP contribution < -0.4 is 15.8 Å². The number of nitrogens with one attached hydrogen (secondary N) is 1. The van der Waals surface area contributed by atoms with E-state index in [1.54, 1.807) is 6.07 Å². The molecule has 0 fully saturated rings. The van der Waals surface area contributed by atoms with Gasteiger partial charge in [0, 0.05) is 17.6 Å². The first-order valence-corrected chi connectivity index (χ1v) is 7.20. The van der Waals surface area contributed by atoms with Crippen molar-refractivity contribution in [1.82, 2.24) is 5.32 Å². The van der Waals surface area contributed by atoms with Gasteiger partial charge >= 0.3 is 0 Å². The van der Waals surface area contributed by atoms with Crippen molar-refractivity contribution in [1.29, 1.82) is 0 Å². The van der Waals surface area contributed by atoms with E-state index in [2.05, 4.69) is 5.32 Å². The molecule has 3 N–H and O–H groups in total. The molecule has 1 unspecified atom stereocenters. The third-order valence-electron chi connectivity index (χ3n) is 3.22. The molecule has 0 bridgehead atoms. The Kier molecular flexibility index (Phi) is 6.15. The highest BCUT2D eigenvalue weighted by Crippen LogP contribution is 2.17. The molecule has 0 aromatic heterocycles. The molecule has 1 aromatic rings. The summed E-state index contributed by atoms with van der Waals surface area (Å²) < 4.78 is 18.9. The van der Waals surface area contributed by atoms with Crippen LogP contribution in [-0.2, 0) is 11.2 Å². The van der Waals surface area contributed by atoms with Crippen molar-refractivity contribution in [3.63, 3.8) is 0 Å². The first-order chi connectivity index (χ1) is 9.71. The molecule has 0 saturated carbocycles. The molecular weight excluding hydrogens is 271 g/mol. The number of hydrogen-bond acceptors (Lipinski definition) is 3. The fourth-order valence-corrected chi connectivity index (χ4v) is 1.84. The molecule has 1 aromatic carbocycles. The first kappa shape index (κ1) is 17.4. The van der Waals surface area contributed by atoms with Gasteiger partial charge in [0.15, 0.2) is 6.61 Å². The van der Waals surface area contributed by atoms with E-state index in [0.29, 0.717) is 12.2 Å². The Morgan fingerprint density at radius 3 is 2.67 bits per heavy atom. The second kappa shape index (κ2) is 7.41. The van der Waals surface area contributed by atoms with Gasteiger partial charge in [-0.2, -0.15) is 0 Å². The fraction of sp³-hybridized carbons (Fsp3) is 0.562. The minimum absolute atomic E-state index is 0.0618. The maximum Gasteiger partial charge on any atom is 0.258 e. The predicted octanol–water partition coefficient (Wildman–Crippen LogP) is 2.40. The number of carbonyl (C=O) groups excluding carboxylic acids is 1. The lowest BCUT2D eigenvalue weighted by molar-refractivity contribution is -0.124.